The number of amides is 1. The van der Waals surface area contributed by atoms with E-state index in [1.54, 1.807) is 31.4 Å². The number of piperazine rings is 1. The number of hydrogen-bond donors (Lipinski definition) is 2. The molecule has 12 nitrogen and oxygen atoms in total. The summed E-state index contributed by atoms with van der Waals surface area (Å²) in [6, 6.07) is 16.6. The van der Waals surface area contributed by atoms with Crippen molar-refractivity contribution in [3.63, 3.8) is 0 Å². The number of methoxy groups -OCH3 is 1. The molecular formula is C23H25N7O5. The molecule has 2 N–H and O–H groups in total. The number of carbonyl (C=O) groups excluding carboxylic acids is 1. The van der Waals surface area contributed by atoms with Crippen LogP contribution in [0.3, 0.4) is 0 Å². The predicted octanol–water partition coefficient (Wildman–Crippen LogP) is 2.24. The number of hydrogen-bond acceptors (Lipinski definition) is 10. The average molecular weight is 479 g/mol. The lowest BCUT2D eigenvalue weighted by Gasteiger charge is -2.36. The molecule has 2 aromatic carbocycles. The van der Waals surface area contributed by atoms with Gasteiger partial charge in [0.25, 0.3) is 5.91 Å². The molecule has 0 radical (unpaired) electrons. The van der Waals surface area contributed by atoms with Crippen molar-refractivity contribution < 1.29 is 19.2 Å². The van der Waals surface area contributed by atoms with Crippen LogP contribution in [0.25, 0.3) is 0 Å². The molecule has 0 spiro atoms. The van der Waals surface area contributed by atoms with Crippen LogP contribution in [0.1, 0.15) is 0 Å². The number of hydrazine groups is 1. The van der Waals surface area contributed by atoms with Crippen molar-refractivity contribution in [2.75, 3.05) is 55.1 Å². The number of rotatable bonds is 9. The Morgan fingerprint density at radius 2 is 1.69 bits per heavy atom. The SMILES string of the molecule is COc1ccc(N2CCN(c3ncnc(NNC(=O)COc4ccccc4)c3[N+](=O)[O-])CC2)cc1. The summed E-state index contributed by atoms with van der Waals surface area (Å²) in [6.45, 7) is 2.10. The average Bonchev–Trinajstić information content (AvgIpc) is 2.91. The van der Waals surface area contributed by atoms with Crippen LogP contribution in [-0.4, -0.2) is 60.7 Å². The summed E-state index contributed by atoms with van der Waals surface area (Å²) in [5.41, 5.74) is 5.66. The summed E-state index contributed by atoms with van der Waals surface area (Å²) < 4.78 is 10.6. The molecule has 1 aliphatic rings. The van der Waals surface area contributed by atoms with Gasteiger partial charge in [-0.3, -0.25) is 25.8 Å². The number of nitrogens with one attached hydrogen (secondary N) is 2. The third kappa shape index (κ3) is 5.85. The summed E-state index contributed by atoms with van der Waals surface area (Å²) in [5.74, 6) is 0.883. The number of aromatic nitrogens is 2. The van der Waals surface area contributed by atoms with E-state index in [9.17, 15) is 14.9 Å². The van der Waals surface area contributed by atoms with Crippen LogP contribution in [0, 0.1) is 10.1 Å². The highest BCUT2D eigenvalue weighted by molar-refractivity contribution is 5.80. The van der Waals surface area contributed by atoms with Gasteiger partial charge in [0.2, 0.25) is 11.6 Å². The minimum atomic E-state index is -0.555. The van der Waals surface area contributed by atoms with Gasteiger partial charge in [0.05, 0.1) is 12.0 Å². The number of nitrogens with zero attached hydrogens (tertiary/aromatic N) is 5. The monoisotopic (exact) mass is 479 g/mol. The first-order valence-corrected chi connectivity index (χ1v) is 10.9. The lowest BCUT2D eigenvalue weighted by atomic mass is 10.2. The van der Waals surface area contributed by atoms with E-state index >= 15 is 0 Å². The van der Waals surface area contributed by atoms with Crippen LogP contribution >= 0.6 is 0 Å². The van der Waals surface area contributed by atoms with Gasteiger partial charge in [0, 0.05) is 31.9 Å². The van der Waals surface area contributed by atoms with Gasteiger partial charge in [0.1, 0.15) is 17.8 Å². The molecule has 1 amide bonds. The van der Waals surface area contributed by atoms with Gasteiger partial charge in [-0.2, -0.15) is 0 Å². The molecule has 1 aliphatic heterocycles. The van der Waals surface area contributed by atoms with E-state index in [1.807, 2.05) is 35.2 Å². The topological polar surface area (TPSA) is 135 Å². The van der Waals surface area contributed by atoms with Crippen LogP contribution in [0.2, 0.25) is 0 Å². The highest BCUT2D eigenvalue weighted by Crippen LogP contribution is 2.32. The molecule has 0 bridgehead atoms. The third-order valence-corrected chi connectivity index (χ3v) is 5.44. The first-order valence-electron chi connectivity index (χ1n) is 10.9. The third-order valence-electron chi connectivity index (χ3n) is 5.44. The largest absolute Gasteiger partial charge is 0.497 e. The van der Waals surface area contributed by atoms with Crippen molar-refractivity contribution in [3.8, 4) is 11.5 Å². The fourth-order valence-corrected chi connectivity index (χ4v) is 3.66. The first kappa shape index (κ1) is 23.5. The molecule has 3 aromatic rings. The normalized spacial score (nSPS) is 13.2. The maximum Gasteiger partial charge on any atom is 0.355 e. The predicted molar refractivity (Wildman–Crippen MR) is 130 cm³/mol. The van der Waals surface area contributed by atoms with Crippen molar-refractivity contribution in [2.45, 2.75) is 0 Å². The van der Waals surface area contributed by atoms with Gasteiger partial charge in [0.15, 0.2) is 6.61 Å². The molecule has 1 fully saturated rings. The lowest BCUT2D eigenvalue weighted by molar-refractivity contribution is -0.383. The number of anilines is 3. The molecule has 182 valence electrons. The fourth-order valence-electron chi connectivity index (χ4n) is 3.66. The van der Waals surface area contributed by atoms with Gasteiger partial charge in [-0.25, -0.2) is 9.97 Å². The van der Waals surface area contributed by atoms with E-state index in [0.717, 1.165) is 11.4 Å². The molecular weight excluding hydrogens is 454 g/mol. The number of ether oxygens (including phenoxy) is 2. The van der Waals surface area contributed by atoms with Crippen LogP contribution in [0.15, 0.2) is 60.9 Å². The van der Waals surface area contributed by atoms with Crippen LogP contribution < -0.4 is 30.1 Å². The van der Waals surface area contributed by atoms with E-state index in [4.69, 9.17) is 9.47 Å². The van der Waals surface area contributed by atoms with Crippen molar-refractivity contribution in [1.82, 2.24) is 15.4 Å². The van der Waals surface area contributed by atoms with Crippen LogP contribution in [0.4, 0.5) is 23.0 Å². The zero-order valence-electron chi connectivity index (χ0n) is 19.1. The van der Waals surface area contributed by atoms with E-state index in [0.29, 0.717) is 31.9 Å². The Balaban J connectivity index is 1.39. The molecule has 4 rings (SSSR count). The van der Waals surface area contributed by atoms with Crippen LogP contribution in [0.5, 0.6) is 11.5 Å². The Morgan fingerprint density at radius 3 is 2.34 bits per heavy atom. The Bertz CT molecular complexity index is 1150. The van der Waals surface area contributed by atoms with Gasteiger partial charge in [-0.1, -0.05) is 18.2 Å². The quantitative estimate of drug-likeness (QED) is 0.347. The lowest BCUT2D eigenvalue weighted by Crippen LogP contribution is -2.47. The smallest absolute Gasteiger partial charge is 0.355 e. The minimum Gasteiger partial charge on any atom is -0.497 e. The Labute approximate surface area is 201 Å². The van der Waals surface area contributed by atoms with Gasteiger partial charge in [-0.15, -0.1) is 0 Å². The summed E-state index contributed by atoms with van der Waals surface area (Å²) in [4.78, 5) is 35.6. The Hall–Kier alpha value is -4.61. The fraction of sp³-hybridized carbons (Fsp3) is 0.261. The second kappa shape index (κ2) is 11.0. The van der Waals surface area contributed by atoms with Crippen LogP contribution in [-0.2, 0) is 4.79 Å². The molecule has 1 saturated heterocycles. The standard InChI is InChI=1S/C23H25N7O5/c1-34-18-9-7-17(8-10-18)28-11-13-29(14-12-28)23-21(30(32)33)22(24-16-25-23)27-26-20(31)15-35-19-5-3-2-4-6-19/h2-10,16H,11-15H2,1H3,(H,26,31)(H,24,25,27). The summed E-state index contributed by atoms with van der Waals surface area (Å²) >= 11 is 0. The number of benzene rings is 2. The second-order valence-corrected chi connectivity index (χ2v) is 7.60. The maximum atomic E-state index is 12.1. The van der Waals surface area contributed by atoms with Gasteiger partial charge >= 0.3 is 5.69 Å². The highest BCUT2D eigenvalue weighted by atomic mass is 16.6. The zero-order chi connectivity index (χ0) is 24.6. The van der Waals surface area contributed by atoms with E-state index in [1.165, 1.54) is 6.33 Å². The molecule has 35 heavy (non-hydrogen) atoms. The first-order chi connectivity index (χ1) is 17.0. The maximum absolute atomic E-state index is 12.1. The van der Waals surface area contributed by atoms with E-state index < -0.39 is 10.8 Å². The molecule has 12 heteroatoms. The van der Waals surface area contributed by atoms with E-state index in [-0.39, 0.29) is 23.9 Å². The molecule has 0 unspecified atom stereocenters. The van der Waals surface area contributed by atoms with Crippen molar-refractivity contribution >= 4 is 28.9 Å². The highest BCUT2D eigenvalue weighted by Gasteiger charge is 2.29. The second-order valence-electron chi connectivity index (χ2n) is 7.60. The Morgan fingerprint density at radius 1 is 1.00 bits per heavy atom. The van der Waals surface area contributed by atoms with Gasteiger partial charge < -0.3 is 19.3 Å². The molecule has 0 atom stereocenters. The Kier molecular flexibility index (Phi) is 7.40. The van der Waals surface area contributed by atoms with Crippen molar-refractivity contribution in [2.24, 2.45) is 0 Å². The number of para-hydroxylation sites is 1. The molecule has 0 saturated carbocycles. The summed E-state index contributed by atoms with van der Waals surface area (Å²) in [6.07, 6.45) is 1.23. The van der Waals surface area contributed by atoms with Crippen molar-refractivity contribution in [1.29, 1.82) is 0 Å². The van der Waals surface area contributed by atoms with E-state index in [2.05, 4.69) is 25.7 Å². The summed E-state index contributed by atoms with van der Waals surface area (Å²) in [7, 11) is 1.62. The molecule has 2 heterocycles. The molecule has 1 aromatic heterocycles. The number of carbonyl (C=O) groups is 1. The number of nitro groups is 1. The minimum absolute atomic E-state index is 0.106. The van der Waals surface area contributed by atoms with Crippen molar-refractivity contribution in [3.05, 3.63) is 71.0 Å². The summed E-state index contributed by atoms with van der Waals surface area (Å²) in [5, 5.41) is 11.9. The van der Waals surface area contributed by atoms with Gasteiger partial charge in [-0.05, 0) is 36.4 Å². The zero-order valence-corrected chi connectivity index (χ0v) is 19.1. The molecule has 0 aliphatic carbocycles.